The smallest absolute Gasteiger partial charge is 0.335 e. The van der Waals surface area contributed by atoms with Gasteiger partial charge in [0, 0.05) is 17.0 Å². The number of rotatable bonds is 7. The first kappa shape index (κ1) is 23.9. The van der Waals surface area contributed by atoms with Gasteiger partial charge < -0.3 is 9.52 Å². The van der Waals surface area contributed by atoms with Crippen LogP contribution in [0.1, 0.15) is 47.0 Å². The molecule has 0 spiro atoms. The van der Waals surface area contributed by atoms with Crippen LogP contribution in [-0.2, 0) is 6.42 Å². The fraction of sp³-hybridized carbons (Fsp3) is 0.176. The third-order valence-electron chi connectivity index (χ3n) is 7.66. The fourth-order valence-corrected chi connectivity index (χ4v) is 5.84. The minimum absolute atomic E-state index is 0.125. The lowest BCUT2D eigenvalue weighted by molar-refractivity contribution is 0.0695. The number of hydrogen-bond acceptors (Lipinski definition) is 3. The zero-order valence-corrected chi connectivity index (χ0v) is 21.1. The molecule has 0 saturated heterocycles. The molecule has 1 heterocycles. The normalized spacial score (nSPS) is 16.9. The van der Waals surface area contributed by atoms with Gasteiger partial charge in [-0.25, -0.2) is 9.78 Å². The van der Waals surface area contributed by atoms with Gasteiger partial charge in [0.2, 0.25) is 0 Å². The second-order valence-electron chi connectivity index (χ2n) is 9.97. The summed E-state index contributed by atoms with van der Waals surface area (Å²) in [6.07, 6.45) is 3.72. The molecular formula is C34H29NO3. The summed E-state index contributed by atoms with van der Waals surface area (Å²) < 4.78 is 6.57. The molecule has 6 rings (SSSR count). The summed E-state index contributed by atoms with van der Waals surface area (Å²) in [7, 11) is 0. The van der Waals surface area contributed by atoms with E-state index in [4.69, 9.17) is 9.40 Å². The summed E-state index contributed by atoms with van der Waals surface area (Å²) in [5.41, 5.74) is 6.17. The van der Waals surface area contributed by atoms with E-state index in [1.54, 1.807) is 6.07 Å². The van der Waals surface area contributed by atoms with Crippen molar-refractivity contribution in [2.45, 2.75) is 31.6 Å². The van der Waals surface area contributed by atoms with E-state index in [-0.39, 0.29) is 11.8 Å². The fourth-order valence-electron chi connectivity index (χ4n) is 5.84. The number of carboxylic acid groups (broad SMARTS) is 1. The van der Waals surface area contributed by atoms with Crippen LogP contribution in [0, 0.1) is 5.92 Å². The minimum Gasteiger partial charge on any atom is -0.478 e. The van der Waals surface area contributed by atoms with Crippen LogP contribution in [0.5, 0.6) is 0 Å². The zero-order chi connectivity index (χ0) is 25.9. The van der Waals surface area contributed by atoms with Gasteiger partial charge in [0.25, 0.3) is 0 Å². The largest absolute Gasteiger partial charge is 0.478 e. The predicted molar refractivity (Wildman–Crippen MR) is 150 cm³/mol. The summed E-state index contributed by atoms with van der Waals surface area (Å²) in [6.45, 7) is 0. The van der Waals surface area contributed by atoms with Crippen molar-refractivity contribution in [3.63, 3.8) is 0 Å². The molecule has 1 saturated carbocycles. The highest BCUT2D eigenvalue weighted by Gasteiger charge is 2.35. The highest BCUT2D eigenvalue weighted by atomic mass is 16.4. The van der Waals surface area contributed by atoms with Crippen molar-refractivity contribution in [2.24, 2.45) is 5.92 Å². The number of benzene rings is 4. The molecule has 1 fully saturated rings. The molecule has 1 N–H and O–H groups in total. The molecule has 5 aromatic rings. The lowest BCUT2D eigenvalue weighted by Crippen LogP contribution is -2.14. The highest BCUT2D eigenvalue weighted by Crippen LogP contribution is 2.45. The lowest BCUT2D eigenvalue weighted by Gasteiger charge is -2.20. The quantitative estimate of drug-likeness (QED) is 0.244. The Labute approximate surface area is 222 Å². The van der Waals surface area contributed by atoms with Crippen molar-refractivity contribution in [1.82, 2.24) is 4.98 Å². The Morgan fingerprint density at radius 1 is 0.763 bits per heavy atom. The molecule has 188 valence electrons. The van der Waals surface area contributed by atoms with Crippen molar-refractivity contribution in [1.29, 1.82) is 0 Å². The minimum atomic E-state index is -0.888. The topological polar surface area (TPSA) is 63.3 Å². The number of carbonyl (C=O) groups is 1. The third-order valence-corrected chi connectivity index (χ3v) is 7.66. The standard InChI is InChI=1S/C34H29NO3/c36-34(37)29-21-11-19-27(23-12-4-1-5-13-23)30(29)22-26-18-10-20-28(26)33-35-31(24-14-6-2-7-15-24)32(38-33)25-16-8-3-9-17-25/h1-9,11-17,19,21,26,28H,10,18,20,22H2,(H,36,37). The first-order valence-electron chi connectivity index (χ1n) is 13.2. The monoisotopic (exact) mass is 499 g/mol. The Balaban J connectivity index is 1.40. The molecule has 1 aromatic heterocycles. The first-order valence-corrected chi connectivity index (χ1v) is 13.2. The summed E-state index contributed by atoms with van der Waals surface area (Å²) >= 11 is 0. The van der Waals surface area contributed by atoms with Crippen molar-refractivity contribution < 1.29 is 14.3 Å². The number of carboxylic acids is 1. The number of hydrogen-bond donors (Lipinski definition) is 1. The van der Waals surface area contributed by atoms with Crippen LogP contribution >= 0.6 is 0 Å². The molecule has 0 aliphatic heterocycles. The maximum atomic E-state index is 12.3. The molecule has 0 radical (unpaired) electrons. The van der Waals surface area contributed by atoms with Crippen molar-refractivity contribution >= 4 is 5.97 Å². The van der Waals surface area contributed by atoms with E-state index < -0.39 is 5.97 Å². The van der Waals surface area contributed by atoms with Crippen molar-refractivity contribution in [2.75, 3.05) is 0 Å². The summed E-state index contributed by atoms with van der Waals surface area (Å²) in [6, 6.07) is 36.0. The van der Waals surface area contributed by atoms with Gasteiger partial charge in [0.15, 0.2) is 11.7 Å². The van der Waals surface area contributed by atoms with Gasteiger partial charge in [-0.3, -0.25) is 0 Å². The Bertz CT molecular complexity index is 1480. The van der Waals surface area contributed by atoms with E-state index in [0.717, 1.165) is 64.4 Å². The van der Waals surface area contributed by atoms with Crippen LogP contribution in [0.25, 0.3) is 33.7 Å². The van der Waals surface area contributed by atoms with E-state index in [9.17, 15) is 9.90 Å². The van der Waals surface area contributed by atoms with Crippen LogP contribution in [0.4, 0.5) is 0 Å². The lowest BCUT2D eigenvalue weighted by atomic mass is 9.84. The molecular weight excluding hydrogens is 470 g/mol. The molecule has 2 unspecified atom stereocenters. The molecule has 0 bridgehead atoms. The van der Waals surface area contributed by atoms with Gasteiger partial charge in [0.1, 0.15) is 5.69 Å². The Morgan fingerprint density at radius 3 is 2.05 bits per heavy atom. The molecule has 2 atom stereocenters. The number of aromatic nitrogens is 1. The Kier molecular flexibility index (Phi) is 6.62. The molecule has 4 aromatic carbocycles. The van der Waals surface area contributed by atoms with Gasteiger partial charge in [-0.05, 0) is 47.9 Å². The predicted octanol–water partition coefficient (Wildman–Crippen LogP) is 8.50. The maximum Gasteiger partial charge on any atom is 0.335 e. The molecule has 1 aliphatic rings. The first-order chi connectivity index (χ1) is 18.7. The van der Waals surface area contributed by atoms with E-state index >= 15 is 0 Å². The summed E-state index contributed by atoms with van der Waals surface area (Å²) in [4.78, 5) is 17.3. The number of oxazole rings is 1. The number of nitrogens with zero attached hydrogens (tertiary/aromatic N) is 1. The van der Waals surface area contributed by atoms with E-state index in [1.807, 2.05) is 78.9 Å². The Morgan fingerprint density at radius 2 is 1.39 bits per heavy atom. The van der Waals surface area contributed by atoms with Gasteiger partial charge >= 0.3 is 5.97 Å². The van der Waals surface area contributed by atoms with E-state index in [0.29, 0.717) is 12.0 Å². The van der Waals surface area contributed by atoms with E-state index in [1.165, 1.54) is 0 Å². The van der Waals surface area contributed by atoms with Crippen LogP contribution in [0.3, 0.4) is 0 Å². The SMILES string of the molecule is O=C(O)c1cccc(-c2ccccc2)c1CC1CCCC1c1nc(-c2ccccc2)c(-c2ccccc2)o1. The summed E-state index contributed by atoms with van der Waals surface area (Å²) in [5.74, 6) is 1.01. The van der Waals surface area contributed by atoms with Crippen molar-refractivity contribution in [3.8, 4) is 33.7 Å². The molecule has 1 aliphatic carbocycles. The van der Waals surface area contributed by atoms with Crippen LogP contribution in [-0.4, -0.2) is 16.1 Å². The van der Waals surface area contributed by atoms with Crippen molar-refractivity contribution in [3.05, 3.63) is 126 Å². The number of aromatic carboxylic acids is 1. The second-order valence-corrected chi connectivity index (χ2v) is 9.97. The molecule has 4 nitrogen and oxygen atoms in total. The van der Waals surface area contributed by atoms with Gasteiger partial charge in [-0.2, -0.15) is 0 Å². The summed E-state index contributed by atoms with van der Waals surface area (Å²) in [5, 5.41) is 10.1. The third kappa shape index (κ3) is 4.66. The van der Waals surface area contributed by atoms with Gasteiger partial charge in [-0.1, -0.05) is 110 Å². The van der Waals surface area contributed by atoms with Gasteiger partial charge in [0.05, 0.1) is 5.56 Å². The molecule has 0 amide bonds. The average Bonchev–Trinajstić information content (AvgIpc) is 3.62. The van der Waals surface area contributed by atoms with Gasteiger partial charge in [-0.15, -0.1) is 0 Å². The Hall–Kier alpha value is -4.44. The molecule has 38 heavy (non-hydrogen) atoms. The average molecular weight is 500 g/mol. The highest BCUT2D eigenvalue weighted by molar-refractivity contribution is 5.92. The van der Waals surface area contributed by atoms with E-state index in [2.05, 4.69) is 24.3 Å². The zero-order valence-electron chi connectivity index (χ0n) is 21.1. The maximum absolute atomic E-state index is 12.3. The van der Waals surface area contributed by atoms with Crippen LogP contribution in [0.2, 0.25) is 0 Å². The van der Waals surface area contributed by atoms with Crippen LogP contribution < -0.4 is 0 Å². The second kappa shape index (κ2) is 10.5. The molecule has 4 heteroatoms. The van der Waals surface area contributed by atoms with Crippen LogP contribution in [0.15, 0.2) is 114 Å².